The van der Waals surface area contributed by atoms with E-state index < -0.39 is 0 Å². The van der Waals surface area contributed by atoms with Gasteiger partial charge in [0.05, 0.1) is 0 Å². The van der Waals surface area contributed by atoms with Gasteiger partial charge in [0.15, 0.2) is 6.20 Å². The number of pyridine rings is 1. The minimum Gasteiger partial charge on any atom is -0.390 e. The highest BCUT2D eigenvalue weighted by atomic mass is 32.1. The summed E-state index contributed by atoms with van der Waals surface area (Å²) in [6.07, 6.45) is 15.6. The van der Waals surface area contributed by atoms with E-state index in [1.54, 1.807) is 0 Å². The Morgan fingerprint density at radius 3 is 2.45 bits per heavy atom. The number of anilines is 1. The fraction of sp³-hybridized carbons (Fsp3) is 0.423. The van der Waals surface area contributed by atoms with Gasteiger partial charge in [0.2, 0.25) is 5.69 Å². The molecule has 0 radical (unpaired) electrons. The minimum atomic E-state index is 0.877. The largest absolute Gasteiger partial charge is 0.390 e. The van der Waals surface area contributed by atoms with Crippen LogP contribution in [0.5, 0.6) is 0 Å². The lowest BCUT2D eigenvalue weighted by Gasteiger charge is -2.11. The van der Waals surface area contributed by atoms with Crippen molar-refractivity contribution in [2.45, 2.75) is 32.2 Å². The Balaban J connectivity index is 1.71. The lowest BCUT2D eigenvalue weighted by Crippen LogP contribution is -2.36. The maximum Gasteiger partial charge on any atom is 0.205 e. The van der Waals surface area contributed by atoms with E-state index in [0.717, 1.165) is 25.4 Å². The van der Waals surface area contributed by atoms with E-state index in [1.165, 1.54) is 42.6 Å². The highest BCUT2D eigenvalue weighted by Crippen LogP contribution is 2.14. The summed E-state index contributed by atoms with van der Waals surface area (Å²) in [5, 5.41) is 3.37. The summed E-state index contributed by atoms with van der Waals surface area (Å²) < 4.78 is 2.35. The zero-order valence-electron chi connectivity index (χ0n) is 19.4. The van der Waals surface area contributed by atoms with Gasteiger partial charge in [0, 0.05) is 82.7 Å². The van der Waals surface area contributed by atoms with Crippen molar-refractivity contribution in [3.8, 4) is 0 Å². The number of nitrogens with zero attached hydrogens (tertiary/aromatic N) is 3. The summed E-state index contributed by atoms with van der Waals surface area (Å²) in [6.45, 7) is 3.06. The summed E-state index contributed by atoms with van der Waals surface area (Å²) in [4.78, 5) is 4.26. The summed E-state index contributed by atoms with van der Waals surface area (Å²) in [6, 6.07) is 15.1. The Hall–Kier alpha value is -2.40. The summed E-state index contributed by atoms with van der Waals surface area (Å²) in [5.41, 5.74) is 3.69. The Morgan fingerprint density at radius 1 is 0.935 bits per heavy atom. The van der Waals surface area contributed by atoms with Gasteiger partial charge in [-0.15, -0.1) is 0 Å². The zero-order chi connectivity index (χ0) is 22.3. The smallest absolute Gasteiger partial charge is 0.205 e. The zero-order valence-corrected chi connectivity index (χ0v) is 20.3. The summed E-state index contributed by atoms with van der Waals surface area (Å²) >= 11 is 4.24. The van der Waals surface area contributed by atoms with Crippen molar-refractivity contribution < 1.29 is 4.57 Å². The number of hydrogen-bond donors (Lipinski definition) is 2. The lowest BCUT2D eigenvalue weighted by molar-refractivity contribution is -0.699. The highest BCUT2D eigenvalue weighted by Gasteiger charge is 2.06. The van der Waals surface area contributed by atoms with Crippen LogP contribution in [-0.4, -0.2) is 44.9 Å². The normalized spacial score (nSPS) is 11.4. The number of thiol groups is 1. The van der Waals surface area contributed by atoms with Gasteiger partial charge >= 0.3 is 0 Å². The van der Waals surface area contributed by atoms with Crippen LogP contribution in [0.4, 0.5) is 5.69 Å². The number of aromatic nitrogens is 1. The molecule has 1 heterocycles. The molecule has 0 fully saturated rings. The third-order valence-electron chi connectivity index (χ3n) is 5.20. The topological polar surface area (TPSA) is 22.4 Å². The van der Waals surface area contributed by atoms with Crippen LogP contribution in [0.15, 0.2) is 61.1 Å². The molecule has 2 aromatic rings. The van der Waals surface area contributed by atoms with Gasteiger partial charge in [-0.05, 0) is 42.7 Å². The Bertz CT molecular complexity index is 799. The molecule has 0 aliphatic heterocycles. The molecule has 0 atom stereocenters. The summed E-state index contributed by atoms with van der Waals surface area (Å²) in [7, 11) is 6.20. The SMILES string of the molecule is CN(/C=C\NCCCCCC[n+]1ccccc1/C=C/c1ccc(N(C)C)cc1)CCS. The van der Waals surface area contributed by atoms with E-state index in [9.17, 15) is 0 Å². The first-order chi connectivity index (χ1) is 15.1. The van der Waals surface area contributed by atoms with E-state index in [4.69, 9.17) is 0 Å². The van der Waals surface area contributed by atoms with Crippen molar-refractivity contribution in [1.82, 2.24) is 10.2 Å². The molecule has 0 aliphatic rings. The van der Waals surface area contributed by atoms with E-state index in [1.807, 2.05) is 6.20 Å². The number of rotatable bonds is 14. The predicted molar refractivity (Wildman–Crippen MR) is 138 cm³/mol. The monoisotopic (exact) mass is 439 g/mol. The molecular formula is C26H39N4S+. The molecule has 0 saturated carbocycles. The van der Waals surface area contributed by atoms with Crippen LogP contribution < -0.4 is 14.8 Å². The molecular weight excluding hydrogens is 400 g/mol. The molecule has 0 aliphatic carbocycles. The van der Waals surface area contributed by atoms with Crippen LogP contribution >= 0.6 is 12.6 Å². The fourth-order valence-corrected chi connectivity index (χ4v) is 3.58. The van der Waals surface area contributed by atoms with Gasteiger partial charge in [-0.25, -0.2) is 0 Å². The predicted octanol–water partition coefficient (Wildman–Crippen LogP) is 4.69. The quantitative estimate of drug-likeness (QED) is 0.253. The van der Waals surface area contributed by atoms with Gasteiger partial charge < -0.3 is 15.1 Å². The van der Waals surface area contributed by atoms with Crippen molar-refractivity contribution in [2.75, 3.05) is 44.9 Å². The van der Waals surface area contributed by atoms with Crippen molar-refractivity contribution in [3.63, 3.8) is 0 Å². The first-order valence-corrected chi connectivity index (χ1v) is 11.9. The van der Waals surface area contributed by atoms with Crippen molar-refractivity contribution in [1.29, 1.82) is 0 Å². The molecule has 0 unspecified atom stereocenters. The molecule has 4 nitrogen and oxygen atoms in total. The van der Waals surface area contributed by atoms with Crippen LogP contribution in [0.2, 0.25) is 0 Å². The number of hydrogen-bond acceptors (Lipinski definition) is 4. The molecule has 0 spiro atoms. The average Bonchev–Trinajstić information content (AvgIpc) is 2.77. The molecule has 1 N–H and O–H groups in total. The average molecular weight is 440 g/mol. The second-order valence-corrected chi connectivity index (χ2v) is 8.47. The van der Waals surface area contributed by atoms with E-state index in [-0.39, 0.29) is 0 Å². The van der Waals surface area contributed by atoms with Gasteiger partial charge in [0.1, 0.15) is 6.54 Å². The Morgan fingerprint density at radius 2 is 1.71 bits per heavy atom. The molecule has 168 valence electrons. The molecule has 1 aromatic heterocycles. The van der Waals surface area contributed by atoms with Crippen LogP contribution in [-0.2, 0) is 6.54 Å². The maximum absolute atomic E-state index is 4.24. The van der Waals surface area contributed by atoms with Crippen LogP contribution in [0.25, 0.3) is 12.2 Å². The Labute approximate surface area is 194 Å². The molecule has 2 rings (SSSR count). The fourth-order valence-electron chi connectivity index (χ4n) is 3.27. The van der Waals surface area contributed by atoms with Crippen LogP contribution in [0.3, 0.4) is 0 Å². The first-order valence-electron chi connectivity index (χ1n) is 11.3. The van der Waals surface area contributed by atoms with E-state index in [0.29, 0.717) is 0 Å². The van der Waals surface area contributed by atoms with Gasteiger partial charge in [-0.2, -0.15) is 17.2 Å². The van der Waals surface area contributed by atoms with Crippen LogP contribution in [0, 0.1) is 0 Å². The van der Waals surface area contributed by atoms with Crippen molar-refractivity contribution >= 4 is 30.5 Å². The Kier molecular flexibility index (Phi) is 11.7. The summed E-state index contributed by atoms with van der Waals surface area (Å²) in [5.74, 6) is 0.877. The number of unbranched alkanes of at least 4 members (excludes halogenated alkanes) is 3. The lowest BCUT2D eigenvalue weighted by atomic mass is 10.1. The minimum absolute atomic E-state index is 0.877. The third-order valence-corrected chi connectivity index (χ3v) is 5.40. The molecule has 0 bridgehead atoms. The van der Waals surface area contributed by atoms with E-state index in [2.05, 4.69) is 120 Å². The first kappa shape index (κ1) is 24.9. The second kappa shape index (κ2) is 14.6. The molecule has 5 heteroatoms. The van der Waals surface area contributed by atoms with Gasteiger partial charge in [0.25, 0.3) is 0 Å². The molecule has 31 heavy (non-hydrogen) atoms. The third kappa shape index (κ3) is 9.97. The standard InChI is InChI=1S/C26H38N4S/c1-28(2)25-14-11-24(12-15-25)13-16-26-10-6-9-20-30(26)19-8-5-4-7-17-27-18-21-29(3)22-23-31/h6,9-16,18,20-21,27H,4-5,7-8,17,19,22-23H2,1-3H3/p+1/b21-18-. The van der Waals surface area contributed by atoms with Crippen molar-refractivity contribution in [2.24, 2.45) is 0 Å². The number of nitrogens with one attached hydrogen (secondary N) is 1. The molecule has 1 aromatic carbocycles. The molecule has 0 saturated heterocycles. The molecule has 0 amide bonds. The number of benzene rings is 1. The maximum atomic E-state index is 4.24. The highest BCUT2D eigenvalue weighted by molar-refractivity contribution is 7.80. The van der Waals surface area contributed by atoms with E-state index >= 15 is 0 Å². The van der Waals surface area contributed by atoms with Gasteiger partial charge in [-0.3, -0.25) is 0 Å². The van der Waals surface area contributed by atoms with Crippen LogP contribution in [0.1, 0.15) is 36.9 Å². The van der Waals surface area contributed by atoms with Gasteiger partial charge in [-0.1, -0.05) is 18.6 Å². The van der Waals surface area contributed by atoms with Crippen molar-refractivity contribution in [3.05, 3.63) is 72.3 Å². The second-order valence-electron chi connectivity index (χ2n) is 8.03. The number of aryl methyl sites for hydroxylation is 1.